The van der Waals surface area contributed by atoms with E-state index in [4.69, 9.17) is 25.5 Å². The van der Waals surface area contributed by atoms with Crippen LogP contribution in [0.15, 0.2) is 59.0 Å². The number of halogens is 1. The second-order valence-electron chi connectivity index (χ2n) is 7.14. The van der Waals surface area contributed by atoms with Crippen LogP contribution in [0.4, 0.5) is 5.69 Å². The van der Waals surface area contributed by atoms with E-state index in [1.165, 1.54) is 0 Å². The lowest BCUT2D eigenvalue weighted by Crippen LogP contribution is -2.20. The van der Waals surface area contributed by atoms with Crippen LogP contribution >= 0.6 is 11.6 Å². The lowest BCUT2D eigenvalue weighted by Gasteiger charge is -2.10. The molecule has 6 nitrogen and oxygen atoms in total. The molecule has 0 aliphatic rings. The molecule has 1 heterocycles. The molecule has 0 saturated carbocycles. The minimum Gasteiger partial charge on any atom is -0.497 e. The van der Waals surface area contributed by atoms with Crippen LogP contribution in [0, 0.1) is 13.8 Å². The number of aromatic nitrogens is 1. The van der Waals surface area contributed by atoms with Gasteiger partial charge in [0.25, 0.3) is 5.91 Å². The first-order chi connectivity index (χ1) is 14.9. The summed E-state index contributed by atoms with van der Waals surface area (Å²) < 4.78 is 16.7. The third kappa shape index (κ3) is 4.64. The van der Waals surface area contributed by atoms with Gasteiger partial charge in [0.2, 0.25) is 5.89 Å². The number of aryl methyl sites for hydroxylation is 2. The summed E-state index contributed by atoms with van der Waals surface area (Å²) in [5, 5.41) is 3.54. The summed E-state index contributed by atoms with van der Waals surface area (Å²) in [6.45, 7) is 3.68. The summed E-state index contributed by atoms with van der Waals surface area (Å²) in [5.74, 6) is 1.50. The van der Waals surface area contributed by atoms with Crippen molar-refractivity contribution >= 4 is 34.3 Å². The third-order valence-corrected chi connectivity index (χ3v) is 5.36. The van der Waals surface area contributed by atoms with Gasteiger partial charge in [-0.15, -0.1) is 0 Å². The molecule has 0 bridgehead atoms. The van der Waals surface area contributed by atoms with Crippen molar-refractivity contribution in [3.8, 4) is 23.0 Å². The fourth-order valence-electron chi connectivity index (χ4n) is 3.22. The van der Waals surface area contributed by atoms with Crippen molar-refractivity contribution in [3.63, 3.8) is 0 Å². The average molecular weight is 437 g/mol. The van der Waals surface area contributed by atoms with E-state index in [0.29, 0.717) is 39.2 Å². The Morgan fingerprint density at radius 3 is 2.58 bits per heavy atom. The van der Waals surface area contributed by atoms with E-state index in [1.807, 2.05) is 56.3 Å². The van der Waals surface area contributed by atoms with Gasteiger partial charge in [-0.2, -0.15) is 0 Å². The Morgan fingerprint density at radius 1 is 1.06 bits per heavy atom. The van der Waals surface area contributed by atoms with E-state index < -0.39 is 0 Å². The molecule has 4 rings (SSSR count). The molecule has 0 saturated heterocycles. The van der Waals surface area contributed by atoms with Gasteiger partial charge in [-0.1, -0.05) is 17.7 Å². The Morgan fingerprint density at radius 2 is 1.84 bits per heavy atom. The lowest BCUT2D eigenvalue weighted by atomic mass is 10.1. The van der Waals surface area contributed by atoms with Crippen molar-refractivity contribution in [1.29, 1.82) is 0 Å². The molecule has 0 aliphatic carbocycles. The molecule has 1 aromatic heterocycles. The van der Waals surface area contributed by atoms with Crippen LogP contribution in [0.1, 0.15) is 11.1 Å². The highest BCUT2D eigenvalue weighted by Crippen LogP contribution is 2.29. The van der Waals surface area contributed by atoms with E-state index in [0.717, 1.165) is 16.7 Å². The summed E-state index contributed by atoms with van der Waals surface area (Å²) in [6.07, 6.45) is 0. The topological polar surface area (TPSA) is 73.6 Å². The first kappa shape index (κ1) is 20.8. The van der Waals surface area contributed by atoms with Crippen LogP contribution in [-0.4, -0.2) is 24.6 Å². The van der Waals surface area contributed by atoms with Crippen LogP contribution in [0.5, 0.6) is 11.5 Å². The lowest BCUT2D eigenvalue weighted by molar-refractivity contribution is -0.118. The Labute approximate surface area is 184 Å². The summed E-state index contributed by atoms with van der Waals surface area (Å²) in [6, 6.07) is 16.4. The number of rotatable bonds is 6. The SMILES string of the molecule is COc1ccc2oc(-c3cccc(NC(=O)COc4cc(C)c(Cl)c(C)c4)c3)nc2c1. The summed E-state index contributed by atoms with van der Waals surface area (Å²) >= 11 is 6.17. The number of nitrogens with zero attached hydrogens (tertiary/aromatic N) is 1. The van der Waals surface area contributed by atoms with E-state index in [2.05, 4.69) is 10.3 Å². The summed E-state index contributed by atoms with van der Waals surface area (Å²) in [5.41, 5.74) is 4.53. The molecule has 31 heavy (non-hydrogen) atoms. The first-order valence-electron chi connectivity index (χ1n) is 9.67. The molecule has 0 unspecified atom stereocenters. The van der Waals surface area contributed by atoms with Crippen molar-refractivity contribution in [2.75, 3.05) is 19.0 Å². The first-order valence-corrected chi connectivity index (χ1v) is 10.0. The number of oxazole rings is 1. The predicted octanol–water partition coefficient (Wildman–Crippen LogP) is 5.79. The van der Waals surface area contributed by atoms with Crippen LogP contribution < -0.4 is 14.8 Å². The Hall–Kier alpha value is -3.51. The number of fused-ring (bicyclic) bond motifs is 1. The van der Waals surface area contributed by atoms with Gasteiger partial charge in [-0.25, -0.2) is 4.98 Å². The molecular weight excluding hydrogens is 416 g/mol. The van der Waals surface area contributed by atoms with Gasteiger partial charge in [0.15, 0.2) is 12.2 Å². The van der Waals surface area contributed by atoms with Crippen LogP contribution in [0.25, 0.3) is 22.6 Å². The number of methoxy groups -OCH3 is 1. The normalized spacial score (nSPS) is 10.8. The maximum Gasteiger partial charge on any atom is 0.262 e. The number of ether oxygens (including phenoxy) is 2. The maximum absolute atomic E-state index is 12.4. The second-order valence-corrected chi connectivity index (χ2v) is 7.52. The highest BCUT2D eigenvalue weighted by Gasteiger charge is 2.11. The summed E-state index contributed by atoms with van der Waals surface area (Å²) in [4.78, 5) is 16.9. The highest BCUT2D eigenvalue weighted by molar-refractivity contribution is 6.32. The number of amides is 1. The number of carbonyl (C=O) groups excluding carboxylic acids is 1. The number of anilines is 1. The molecule has 3 aromatic carbocycles. The third-order valence-electron chi connectivity index (χ3n) is 4.77. The zero-order valence-electron chi connectivity index (χ0n) is 17.4. The quantitative estimate of drug-likeness (QED) is 0.414. The van der Waals surface area contributed by atoms with Crippen LogP contribution in [0.3, 0.4) is 0 Å². The number of carbonyl (C=O) groups is 1. The van der Waals surface area contributed by atoms with E-state index >= 15 is 0 Å². The number of hydrogen-bond acceptors (Lipinski definition) is 5. The number of nitrogens with one attached hydrogen (secondary N) is 1. The molecule has 4 aromatic rings. The minimum absolute atomic E-state index is 0.118. The van der Waals surface area contributed by atoms with Gasteiger partial charge in [0.1, 0.15) is 17.0 Å². The fourth-order valence-corrected chi connectivity index (χ4v) is 3.33. The number of benzene rings is 3. The van der Waals surface area contributed by atoms with Gasteiger partial charge in [-0.3, -0.25) is 4.79 Å². The van der Waals surface area contributed by atoms with Gasteiger partial charge in [-0.05, 0) is 67.4 Å². The van der Waals surface area contributed by atoms with Crippen LogP contribution in [0.2, 0.25) is 5.02 Å². The molecule has 0 spiro atoms. The molecule has 0 atom stereocenters. The van der Waals surface area contributed by atoms with Crippen molar-refractivity contribution < 1.29 is 18.7 Å². The van der Waals surface area contributed by atoms with E-state index in [-0.39, 0.29) is 12.5 Å². The van der Waals surface area contributed by atoms with Crippen molar-refractivity contribution in [1.82, 2.24) is 4.98 Å². The molecule has 0 radical (unpaired) electrons. The smallest absolute Gasteiger partial charge is 0.262 e. The number of hydrogen-bond donors (Lipinski definition) is 1. The van der Waals surface area contributed by atoms with Crippen LogP contribution in [-0.2, 0) is 4.79 Å². The van der Waals surface area contributed by atoms with Crippen molar-refractivity contribution in [3.05, 3.63) is 70.7 Å². The van der Waals surface area contributed by atoms with E-state index in [1.54, 1.807) is 19.2 Å². The van der Waals surface area contributed by atoms with Gasteiger partial charge in [0.05, 0.1) is 7.11 Å². The van der Waals surface area contributed by atoms with Crippen molar-refractivity contribution in [2.24, 2.45) is 0 Å². The zero-order chi connectivity index (χ0) is 22.0. The zero-order valence-corrected chi connectivity index (χ0v) is 18.1. The Kier molecular flexibility index (Phi) is 5.82. The maximum atomic E-state index is 12.4. The minimum atomic E-state index is -0.273. The standard InChI is InChI=1S/C24H21ClN2O4/c1-14-9-19(10-15(2)23(14)25)30-13-22(28)26-17-6-4-5-16(11-17)24-27-20-12-18(29-3)7-8-21(20)31-24/h4-12H,13H2,1-3H3,(H,26,28). The molecular formula is C24H21ClN2O4. The molecule has 0 aliphatic heterocycles. The molecule has 158 valence electrons. The average Bonchev–Trinajstić information content (AvgIpc) is 3.19. The summed E-state index contributed by atoms with van der Waals surface area (Å²) in [7, 11) is 1.60. The molecule has 0 fully saturated rings. The monoisotopic (exact) mass is 436 g/mol. The highest BCUT2D eigenvalue weighted by atomic mass is 35.5. The Bertz CT molecular complexity index is 1240. The molecule has 1 N–H and O–H groups in total. The molecule has 7 heteroatoms. The van der Waals surface area contributed by atoms with Gasteiger partial charge in [0, 0.05) is 22.3 Å². The van der Waals surface area contributed by atoms with Gasteiger partial charge < -0.3 is 19.2 Å². The molecule has 1 amide bonds. The fraction of sp³-hybridized carbons (Fsp3) is 0.167. The Balaban J connectivity index is 1.45. The van der Waals surface area contributed by atoms with Gasteiger partial charge >= 0.3 is 0 Å². The second kappa shape index (κ2) is 8.70. The van der Waals surface area contributed by atoms with E-state index in [9.17, 15) is 4.79 Å². The predicted molar refractivity (Wildman–Crippen MR) is 121 cm³/mol. The van der Waals surface area contributed by atoms with Crippen molar-refractivity contribution in [2.45, 2.75) is 13.8 Å². The largest absolute Gasteiger partial charge is 0.497 e.